The van der Waals surface area contributed by atoms with E-state index in [1.165, 1.54) is 0 Å². The Hall–Kier alpha value is -0.480. The van der Waals surface area contributed by atoms with Crippen LogP contribution in [0.25, 0.3) is 0 Å². The first-order chi connectivity index (χ1) is 9.77. The lowest BCUT2D eigenvalue weighted by molar-refractivity contribution is -0.390. The Labute approximate surface area is 121 Å². The monoisotopic (exact) mass is 312 g/mol. The zero-order valence-electron chi connectivity index (χ0n) is 11.5. The highest BCUT2D eigenvalue weighted by atomic mass is 16.4. The van der Waals surface area contributed by atoms with Gasteiger partial charge in [-0.25, -0.2) is 0 Å². The van der Waals surface area contributed by atoms with Crippen molar-refractivity contribution >= 4 is 0 Å². The van der Waals surface area contributed by atoms with Gasteiger partial charge in [-0.05, 0) is 0 Å². The Morgan fingerprint density at radius 3 is 1.19 bits per heavy atom. The Balaban J connectivity index is 3.58. The lowest BCUT2D eigenvalue weighted by atomic mass is 9.73. The predicted octanol–water partition coefficient (Wildman–Crippen LogP) is -6.43. The van der Waals surface area contributed by atoms with E-state index in [4.69, 9.17) is 17.2 Å². The van der Waals surface area contributed by atoms with E-state index in [0.717, 1.165) is 15.1 Å². The summed E-state index contributed by atoms with van der Waals surface area (Å²) >= 11 is 0. The lowest BCUT2D eigenvalue weighted by Gasteiger charge is -2.67. The van der Waals surface area contributed by atoms with Crippen molar-refractivity contribution in [2.45, 2.75) is 16.9 Å². The summed E-state index contributed by atoms with van der Waals surface area (Å²) in [5.74, 6) is 0. The van der Waals surface area contributed by atoms with E-state index < -0.39 is 56.9 Å². The number of hydrazine groups is 2. The molecule has 0 amide bonds. The van der Waals surface area contributed by atoms with Gasteiger partial charge in [-0.1, -0.05) is 0 Å². The van der Waals surface area contributed by atoms with Crippen molar-refractivity contribution in [1.29, 1.82) is 0 Å². The summed E-state index contributed by atoms with van der Waals surface area (Å²) in [5.41, 5.74) is 12.0. The maximum absolute atomic E-state index is 9.66. The first-order valence-electron chi connectivity index (χ1n) is 6.12. The van der Waals surface area contributed by atoms with Gasteiger partial charge in [-0.2, -0.15) is 10.0 Å². The highest BCUT2D eigenvalue weighted by Crippen LogP contribution is 2.39. The molecule has 1 aliphatic heterocycles. The topological polar surface area (TPSA) is 209 Å². The summed E-state index contributed by atoms with van der Waals surface area (Å²) in [6.07, 6.45) is 0. The largest absolute Gasteiger partial charge is 0.394 e. The van der Waals surface area contributed by atoms with Gasteiger partial charge >= 0.3 is 0 Å². The minimum Gasteiger partial charge on any atom is -0.394 e. The third-order valence-corrected chi connectivity index (χ3v) is 4.15. The molecule has 0 aromatic heterocycles. The van der Waals surface area contributed by atoms with Gasteiger partial charge in [0.15, 0.2) is 0 Å². The third kappa shape index (κ3) is 2.17. The maximum Gasteiger partial charge on any atom is 0.133 e. The predicted molar refractivity (Wildman–Crippen MR) is 68.8 cm³/mol. The SMILES string of the molecule is NC1(CO)N(CO)N(CO)N(CO)C(N)(CO)C1(N)CO. The van der Waals surface area contributed by atoms with Crippen LogP contribution in [0, 0.1) is 0 Å². The second-order valence-electron chi connectivity index (χ2n) is 4.89. The molecule has 0 radical (unpaired) electrons. The molecule has 0 spiro atoms. The van der Waals surface area contributed by atoms with Gasteiger partial charge in [0.25, 0.3) is 0 Å². The van der Waals surface area contributed by atoms with E-state index in [2.05, 4.69) is 0 Å². The van der Waals surface area contributed by atoms with E-state index in [1.807, 2.05) is 0 Å². The first-order valence-corrected chi connectivity index (χ1v) is 6.12. The summed E-state index contributed by atoms with van der Waals surface area (Å²) < 4.78 is 0. The molecular formula is C9H24N6O6. The lowest BCUT2D eigenvalue weighted by Crippen LogP contribution is -2.97. The summed E-state index contributed by atoms with van der Waals surface area (Å²) in [6.45, 7) is -5.02. The van der Waals surface area contributed by atoms with Crippen LogP contribution in [-0.2, 0) is 0 Å². The van der Waals surface area contributed by atoms with Crippen molar-refractivity contribution in [3.05, 3.63) is 0 Å². The highest BCUT2D eigenvalue weighted by molar-refractivity contribution is 5.19. The quantitative estimate of drug-likeness (QED) is 0.224. The molecule has 0 saturated carbocycles. The number of rotatable bonds is 6. The van der Waals surface area contributed by atoms with Crippen LogP contribution in [0.2, 0.25) is 0 Å². The van der Waals surface area contributed by atoms with Crippen LogP contribution >= 0.6 is 0 Å². The molecule has 2 unspecified atom stereocenters. The molecule has 1 fully saturated rings. The molecule has 126 valence electrons. The molecule has 1 saturated heterocycles. The minimum atomic E-state index is -2.05. The maximum atomic E-state index is 9.66. The Bertz CT molecular complexity index is 338. The van der Waals surface area contributed by atoms with Gasteiger partial charge in [0, 0.05) is 0 Å². The van der Waals surface area contributed by atoms with E-state index in [1.54, 1.807) is 0 Å². The summed E-state index contributed by atoms with van der Waals surface area (Å²) in [7, 11) is 0. The Kier molecular flexibility index (Phi) is 5.60. The van der Waals surface area contributed by atoms with Crippen molar-refractivity contribution in [1.82, 2.24) is 15.1 Å². The molecule has 1 aliphatic rings. The van der Waals surface area contributed by atoms with Gasteiger partial charge < -0.3 is 47.8 Å². The van der Waals surface area contributed by atoms with Crippen molar-refractivity contribution in [2.75, 3.05) is 40.0 Å². The standard InChI is InChI=1S/C9H24N6O6/c10-7(1-16)8(11,2-17)13(4-19)15(6-21)14(5-20)9(7,12)3-18/h16-21H,1-6,10-12H2. The normalized spacial score (nSPS) is 39.9. The fourth-order valence-corrected chi connectivity index (χ4v) is 2.65. The van der Waals surface area contributed by atoms with Crippen LogP contribution in [0.4, 0.5) is 0 Å². The molecule has 1 heterocycles. The van der Waals surface area contributed by atoms with Gasteiger partial charge in [0.05, 0.1) is 19.8 Å². The number of aliphatic hydroxyl groups is 6. The summed E-state index contributed by atoms with van der Waals surface area (Å²) in [6, 6.07) is 0. The number of aliphatic hydroxyl groups excluding tert-OH is 6. The first kappa shape index (κ1) is 18.6. The van der Waals surface area contributed by atoms with Gasteiger partial charge in [0.2, 0.25) is 0 Å². The Morgan fingerprint density at radius 1 is 0.619 bits per heavy atom. The van der Waals surface area contributed by atoms with Crippen LogP contribution in [0.5, 0.6) is 0 Å². The molecule has 0 aromatic rings. The van der Waals surface area contributed by atoms with Gasteiger partial charge in [-0.15, -0.1) is 5.12 Å². The smallest absolute Gasteiger partial charge is 0.133 e. The van der Waals surface area contributed by atoms with Crippen LogP contribution in [0.3, 0.4) is 0 Å². The molecule has 12 heteroatoms. The highest BCUT2D eigenvalue weighted by Gasteiger charge is 2.68. The molecule has 12 N–H and O–H groups in total. The molecular weight excluding hydrogens is 288 g/mol. The number of nitrogens with two attached hydrogens (primary N) is 3. The van der Waals surface area contributed by atoms with E-state index in [0.29, 0.717) is 0 Å². The summed E-state index contributed by atoms with van der Waals surface area (Å²) in [4.78, 5) is 0. The molecule has 12 nitrogen and oxygen atoms in total. The third-order valence-electron chi connectivity index (χ3n) is 4.15. The zero-order valence-corrected chi connectivity index (χ0v) is 11.5. The van der Waals surface area contributed by atoms with Crippen LogP contribution < -0.4 is 17.2 Å². The van der Waals surface area contributed by atoms with Crippen molar-refractivity contribution in [3.63, 3.8) is 0 Å². The fraction of sp³-hybridized carbons (Fsp3) is 1.00. The Morgan fingerprint density at radius 2 is 1.00 bits per heavy atom. The average Bonchev–Trinajstić information content (AvgIpc) is 2.51. The molecule has 1 rings (SSSR count). The minimum absolute atomic E-state index is 0.791. The molecule has 0 aromatic carbocycles. The fourth-order valence-electron chi connectivity index (χ4n) is 2.65. The molecule has 21 heavy (non-hydrogen) atoms. The second-order valence-corrected chi connectivity index (χ2v) is 4.89. The molecule has 0 aliphatic carbocycles. The number of hydrogen-bond acceptors (Lipinski definition) is 12. The van der Waals surface area contributed by atoms with Gasteiger partial charge in [-0.3, -0.25) is 0 Å². The van der Waals surface area contributed by atoms with Crippen molar-refractivity contribution < 1.29 is 30.6 Å². The second kappa shape index (κ2) is 6.33. The number of hydrogen-bond donors (Lipinski definition) is 9. The van der Waals surface area contributed by atoms with E-state index in [-0.39, 0.29) is 0 Å². The molecule has 0 bridgehead atoms. The summed E-state index contributed by atoms with van der Waals surface area (Å²) in [5, 5.41) is 59.8. The van der Waals surface area contributed by atoms with Crippen LogP contribution in [-0.4, -0.2) is 103 Å². The average molecular weight is 312 g/mol. The van der Waals surface area contributed by atoms with Gasteiger partial charge in [0.1, 0.15) is 37.1 Å². The van der Waals surface area contributed by atoms with Crippen LogP contribution in [0.15, 0.2) is 0 Å². The zero-order chi connectivity index (χ0) is 16.5. The van der Waals surface area contributed by atoms with Crippen molar-refractivity contribution in [2.24, 2.45) is 17.2 Å². The number of nitrogens with zero attached hydrogens (tertiary/aromatic N) is 3. The van der Waals surface area contributed by atoms with E-state index >= 15 is 0 Å². The molecule has 2 atom stereocenters. The van der Waals surface area contributed by atoms with E-state index in [9.17, 15) is 30.6 Å². The van der Waals surface area contributed by atoms with Crippen LogP contribution in [0.1, 0.15) is 0 Å². The van der Waals surface area contributed by atoms with Crippen molar-refractivity contribution in [3.8, 4) is 0 Å².